The number of aromatic amines is 2. The number of benzene rings is 1. The molecule has 0 bridgehead atoms. The fraction of sp³-hybridized carbons (Fsp3) is 0.267. The van der Waals surface area contributed by atoms with Crippen molar-refractivity contribution in [1.29, 1.82) is 0 Å². The van der Waals surface area contributed by atoms with Gasteiger partial charge in [-0.2, -0.15) is 0 Å². The number of hydrogen-bond donors (Lipinski definition) is 2. The van der Waals surface area contributed by atoms with Gasteiger partial charge in [-0.05, 0) is 18.6 Å². The van der Waals surface area contributed by atoms with E-state index in [0.29, 0.717) is 31.5 Å². The molecule has 6 nitrogen and oxygen atoms in total. The average Bonchev–Trinajstić information content (AvgIpc) is 3.08. The van der Waals surface area contributed by atoms with Crippen molar-refractivity contribution in [2.45, 2.75) is 12.8 Å². The molecular weight excluding hydrogens is 300 g/mol. The molecule has 0 atom stereocenters. The summed E-state index contributed by atoms with van der Waals surface area (Å²) in [5.74, 6) is 0.0106. The number of hydrogen-bond acceptors (Lipinski definition) is 4. The van der Waals surface area contributed by atoms with Gasteiger partial charge in [-0.15, -0.1) is 11.3 Å². The van der Waals surface area contributed by atoms with Crippen LogP contribution in [0.25, 0.3) is 10.2 Å². The highest BCUT2D eigenvalue weighted by Crippen LogP contribution is 2.24. The van der Waals surface area contributed by atoms with Crippen molar-refractivity contribution in [3.8, 4) is 0 Å². The lowest BCUT2D eigenvalue weighted by molar-refractivity contribution is 0.0765. The summed E-state index contributed by atoms with van der Waals surface area (Å²) in [5, 5.41) is 5.52. The molecule has 112 valence electrons. The Hall–Kier alpha value is -2.41. The van der Waals surface area contributed by atoms with Gasteiger partial charge in [0.15, 0.2) is 0 Å². The van der Waals surface area contributed by atoms with Gasteiger partial charge >= 0.3 is 0 Å². The number of carbonyl (C=O) groups excluding carboxylic acids is 1. The minimum Gasteiger partial charge on any atom is -0.338 e. The zero-order valence-corrected chi connectivity index (χ0v) is 12.6. The Morgan fingerprint density at radius 2 is 2.09 bits per heavy atom. The molecule has 0 radical (unpaired) electrons. The first-order valence-electron chi connectivity index (χ1n) is 7.14. The van der Waals surface area contributed by atoms with Crippen molar-refractivity contribution in [1.82, 2.24) is 20.1 Å². The quantitative estimate of drug-likeness (QED) is 0.715. The molecule has 1 aliphatic rings. The SMILES string of the molecule is O=C(c1cccc2ncsc12)N1CCc2[nH][nH]c(=O)c2CC1. The van der Waals surface area contributed by atoms with E-state index < -0.39 is 0 Å². The number of aromatic nitrogens is 3. The highest BCUT2D eigenvalue weighted by molar-refractivity contribution is 7.17. The second-order valence-electron chi connectivity index (χ2n) is 5.33. The van der Waals surface area contributed by atoms with E-state index >= 15 is 0 Å². The molecule has 0 aliphatic carbocycles. The number of nitrogens with one attached hydrogen (secondary N) is 2. The van der Waals surface area contributed by atoms with Crippen LogP contribution < -0.4 is 5.56 Å². The van der Waals surface area contributed by atoms with Crippen LogP contribution in [0, 0.1) is 0 Å². The van der Waals surface area contributed by atoms with Crippen LogP contribution in [0.15, 0.2) is 28.5 Å². The van der Waals surface area contributed by atoms with Crippen LogP contribution in [0.1, 0.15) is 21.6 Å². The molecule has 1 aromatic carbocycles. The highest BCUT2D eigenvalue weighted by Gasteiger charge is 2.23. The van der Waals surface area contributed by atoms with Gasteiger partial charge in [-0.3, -0.25) is 14.7 Å². The molecule has 0 spiro atoms. The summed E-state index contributed by atoms with van der Waals surface area (Å²) in [7, 11) is 0. The number of H-pyrrole nitrogens is 2. The lowest BCUT2D eigenvalue weighted by atomic mass is 10.1. The summed E-state index contributed by atoms with van der Waals surface area (Å²) < 4.78 is 0.924. The number of amides is 1. The molecule has 3 aromatic rings. The standard InChI is InChI=1S/C15H14N4O2S/c20-14-9-4-6-19(7-5-11(9)17-18-14)15(21)10-2-1-3-12-13(10)22-8-16-12/h1-3,8H,4-7H2,(H2,17,18,20). The van der Waals surface area contributed by atoms with Crippen molar-refractivity contribution in [2.24, 2.45) is 0 Å². The first-order valence-corrected chi connectivity index (χ1v) is 8.02. The average molecular weight is 314 g/mol. The molecule has 22 heavy (non-hydrogen) atoms. The fourth-order valence-corrected chi connectivity index (χ4v) is 3.73. The van der Waals surface area contributed by atoms with Gasteiger partial charge in [0.1, 0.15) is 0 Å². The Kier molecular flexibility index (Phi) is 3.07. The zero-order valence-electron chi connectivity index (χ0n) is 11.8. The third kappa shape index (κ3) is 2.05. The Balaban J connectivity index is 1.64. The number of thiazole rings is 1. The van der Waals surface area contributed by atoms with E-state index in [2.05, 4.69) is 15.2 Å². The smallest absolute Gasteiger partial charge is 0.267 e. The summed E-state index contributed by atoms with van der Waals surface area (Å²) >= 11 is 1.48. The topological polar surface area (TPSA) is 81.8 Å². The molecule has 3 heterocycles. The minimum atomic E-state index is -0.0751. The molecule has 0 unspecified atom stereocenters. The van der Waals surface area contributed by atoms with Crippen molar-refractivity contribution in [3.63, 3.8) is 0 Å². The lowest BCUT2D eigenvalue weighted by Crippen LogP contribution is -2.33. The Bertz CT molecular complexity index is 908. The molecular formula is C15H14N4O2S. The number of carbonyl (C=O) groups is 1. The van der Waals surface area contributed by atoms with E-state index in [0.717, 1.165) is 21.5 Å². The largest absolute Gasteiger partial charge is 0.338 e. The molecule has 0 fully saturated rings. The van der Waals surface area contributed by atoms with Gasteiger partial charge in [0, 0.05) is 30.8 Å². The van der Waals surface area contributed by atoms with E-state index in [1.165, 1.54) is 11.3 Å². The summed E-state index contributed by atoms with van der Waals surface area (Å²) in [6.45, 7) is 1.16. The van der Waals surface area contributed by atoms with Crippen LogP contribution in [-0.4, -0.2) is 39.1 Å². The number of fused-ring (bicyclic) bond motifs is 2. The summed E-state index contributed by atoms with van der Waals surface area (Å²) in [6.07, 6.45) is 1.25. The van der Waals surface area contributed by atoms with E-state index in [9.17, 15) is 9.59 Å². The van der Waals surface area contributed by atoms with E-state index in [1.807, 2.05) is 23.1 Å². The van der Waals surface area contributed by atoms with Crippen molar-refractivity contribution in [3.05, 3.63) is 50.9 Å². The van der Waals surface area contributed by atoms with Crippen LogP contribution in [0.3, 0.4) is 0 Å². The summed E-state index contributed by atoms with van der Waals surface area (Å²) in [5.41, 5.74) is 4.91. The lowest BCUT2D eigenvalue weighted by Gasteiger charge is -2.20. The first-order chi connectivity index (χ1) is 10.7. The molecule has 1 amide bonds. The van der Waals surface area contributed by atoms with Crippen LogP contribution in [-0.2, 0) is 12.8 Å². The predicted octanol–water partition coefficient (Wildman–Crippen LogP) is 1.55. The maximum atomic E-state index is 12.8. The maximum Gasteiger partial charge on any atom is 0.267 e. The van der Waals surface area contributed by atoms with Gasteiger partial charge in [-0.1, -0.05) is 6.07 Å². The number of nitrogens with zero attached hydrogens (tertiary/aromatic N) is 2. The van der Waals surface area contributed by atoms with Crippen LogP contribution in [0.2, 0.25) is 0 Å². The molecule has 1 aliphatic heterocycles. The monoisotopic (exact) mass is 314 g/mol. The zero-order chi connectivity index (χ0) is 15.1. The minimum absolute atomic E-state index is 0.0106. The van der Waals surface area contributed by atoms with E-state index in [1.54, 1.807) is 5.51 Å². The van der Waals surface area contributed by atoms with Gasteiger partial charge in [-0.25, -0.2) is 4.98 Å². The van der Waals surface area contributed by atoms with Crippen molar-refractivity contribution in [2.75, 3.05) is 13.1 Å². The van der Waals surface area contributed by atoms with Crippen LogP contribution in [0.5, 0.6) is 0 Å². The van der Waals surface area contributed by atoms with Gasteiger partial charge in [0.05, 0.1) is 21.3 Å². The third-order valence-corrected chi connectivity index (χ3v) is 4.98. The fourth-order valence-electron chi connectivity index (χ4n) is 2.93. The molecule has 2 N–H and O–H groups in total. The normalized spacial score (nSPS) is 14.8. The Morgan fingerprint density at radius 1 is 1.23 bits per heavy atom. The van der Waals surface area contributed by atoms with Crippen molar-refractivity contribution < 1.29 is 4.79 Å². The summed E-state index contributed by atoms with van der Waals surface area (Å²) in [6, 6.07) is 5.62. The Labute approximate surface area is 129 Å². The maximum absolute atomic E-state index is 12.8. The van der Waals surface area contributed by atoms with Gasteiger partial charge < -0.3 is 10.00 Å². The third-order valence-electron chi connectivity index (χ3n) is 4.10. The van der Waals surface area contributed by atoms with Gasteiger partial charge in [0.2, 0.25) is 0 Å². The molecule has 0 saturated carbocycles. The molecule has 7 heteroatoms. The first kappa shape index (κ1) is 13.3. The molecule has 4 rings (SSSR count). The molecule has 2 aromatic heterocycles. The summed E-state index contributed by atoms with van der Waals surface area (Å²) in [4.78, 5) is 30.6. The second-order valence-corrected chi connectivity index (χ2v) is 6.19. The van der Waals surface area contributed by atoms with Crippen molar-refractivity contribution >= 4 is 27.5 Å². The van der Waals surface area contributed by atoms with E-state index in [4.69, 9.17) is 0 Å². The van der Waals surface area contributed by atoms with Crippen LogP contribution >= 0.6 is 11.3 Å². The van der Waals surface area contributed by atoms with E-state index in [-0.39, 0.29) is 11.5 Å². The van der Waals surface area contributed by atoms with Gasteiger partial charge in [0.25, 0.3) is 11.5 Å². The predicted molar refractivity (Wildman–Crippen MR) is 84.3 cm³/mol. The second kappa shape index (κ2) is 5.10. The van der Waals surface area contributed by atoms with Crippen LogP contribution in [0.4, 0.5) is 0 Å². The Morgan fingerprint density at radius 3 is 3.00 bits per heavy atom. The number of rotatable bonds is 1. The highest BCUT2D eigenvalue weighted by atomic mass is 32.1. The molecule has 0 saturated heterocycles.